The fourth-order valence-electron chi connectivity index (χ4n) is 0.262. The maximum absolute atomic E-state index is 10.5. The molecule has 0 aliphatic carbocycles. The van der Waals surface area contributed by atoms with Crippen molar-refractivity contribution in [3.05, 3.63) is 12.2 Å². The minimum Gasteiger partial charge on any atom is -0.460 e. The Balaban J connectivity index is -0.000000205. The van der Waals surface area contributed by atoms with Gasteiger partial charge in [0.05, 0.1) is 33.0 Å². The van der Waals surface area contributed by atoms with E-state index in [1.54, 1.807) is 6.92 Å². The molecule has 0 aromatic carbocycles. The second kappa shape index (κ2) is 20.4. The van der Waals surface area contributed by atoms with Crippen molar-refractivity contribution in [2.24, 2.45) is 0 Å². The van der Waals surface area contributed by atoms with Crippen LogP contribution in [0.5, 0.6) is 0 Å². The van der Waals surface area contributed by atoms with E-state index < -0.39 is 5.97 Å². The largest absolute Gasteiger partial charge is 0.460 e. The maximum Gasteiger partial charge on any atom is 0.333 e. The number of esters is 1. The molecule has 0 aromatic rings. The molecule has 7 heteroatoms. The van der Waals surface area contributed by atoms with E-state index in [1.807, 2.05) is 0 Å². The van der Waals surface area contributed by atoms with Crippen LogP contribution in [0.25, 0.3) is 0 Å². The molecule has 0 saturated carbocycles. The van der Waals surface area contributed by atoms with E-state index in [1.165, 1.54) is 0 Å². The Kier molecular flexibility index (Phi) is 25.6. The average Bonchev–Trinajstić information content (AvgIpc) is 2.36. The Bertz CT molecular complexity index is 162. The summed E-state index contributed by atoms with van der Waals surface area (Å²) in [5.74, 6) is -0.455. The minimum absolute atomic E-state index is 0.0473. The highest BCUT2D eigenvalue weighted by molar-refractivity contribution is 5.86. The molecule has 0 bridgehead atoms. The standard InChI is InChI=1S/C6H10O3.2C2H6O2/c1-5(2)6(8)9-4-3-7;2*3-1-2-4/h7H,1,3-4H2,2H3;2*3-4H,1-2H2. The third-order valence-electron chi connectivity index (χ3n) is 0.873. The molecule has 0 aliphatic heterocycles. The summed E-state index contributed by atoms with van der Waals surface area (Å²) in [6.07, 6.45) is 0. The van der Waals surface area contributed by atoms with Crippen molar-refractivity contribution in [1.29, 1.82) is 0 Å². The van der Waals surface area contributed by atoms with Gasteiger partial charge < -0.3 is 30.3 Å². The molecular weight excluding hydrogens is 232 g/mol. The molecule has 7 nitrogen and oxygen atoms in total. The predicted molar refractivity (Wildman–Crippen MR) is 61.2 cm³/mol. The molecule has 0 unspecified atom stereocenters. The van der Waals surface area contributed by atoms with Crippen LogP contribution in [0.3, 0.4) is 0 Å². The fraction of sp³-hybridized carbons (Fsp3) is 0.700. The van der Waals surface area contributed by atoms with Gasteiger partial charge in [-0.15, -0.1) is 0 Å². The first kappa shape index (κ1) is 21.3. The third-order valence-corrected chi connectivity index (χ3v) is 0.873. The molecule has 0 aromatic heterocycles. The van der Waals surface area contributed by atoms with Crippen LogP contribution in [-0.2, 0) is 9.53 Å². The highest BCUT2D eigenvalue weighted by Gasteiger charge is 1.99. The summed E-state index contributed by atoms with van der Waals surface area (Å²) in [6.45, 7) is 4.31. The van der Waals surface area contributed by atoms with Crippen molar-refractivity contribution in [3.8, 4) is 0 Å². The van der Waals surface area contributed by atoms with Gasteiger partial charge in [-0.3, -0.25) is 0 Å². The number of hydrogen-bond donors (Lipinski definition) is 5. The number of aliphatic hydroxyl groups is 5. The summed E-state index contributed by atoms with van der Waals surface area (Å²) < 4.78 is 4.46. The lowest BCUT2D eigenvalue weighted by Gasteiger charge is -1.99. The summed E-state index contributed by atoms with van der Waals surface area (Å²) in [5.41, 5.74) is 0.350. The summed E-state index contributed by atoms with van der Waals surface area (Å²) in [7, 11) is 0. The van der Waals surface area contributed by atoms with Crippen molar-refractivity contribution in [2.75, 3.05) is 39.6 Å². The van der Waals surface area contributed by atoms with Crippen molar-refractivity contribution in [3.63, 3.8) is 0 Å². The molecule has 0 fully saturated rings. The molecule has 104 valence electrons. The van der Waals surface area contributed by atoms with E-state index in [0.29, 0.717) is 5.57 Å². The lowest BCUT2D eigenvalue weighted by atomic mass is 10.4. The molecule has 0 spiro atoms. The Morgan fingerprint density at radius 3 is 1.47 bits per heavy atom. The summed E-state index contributed by atoms with van der Waals surface area (Å²) in [4.78, 5) is 10.5. The number of rotatable bonds is 5. The molecule has 0 amide bonds. The van der Waals surface area contributed by atoms with Crippen LogP contribution in [0.15, 0.2) is 12.2 Å². The topological polar surface area (TPSA) is 127 Å². The van der Waals surface area contributed by atoms with Crippen LogP contribution >= 0.6 is 0 Å². The van der Waals surface area contributed by atoms with Gasteiger partial charge in [0.2, 0.25) is 0 Å². The number of aliphatic hydroxyl groups excluding tert-OH is 5. The molecule has 0 rings (SSSR count). The maximum atomic E-state index is 10.5. The highest BCUT2D eigenvalue weighted by Crippen LogP contribution is 1.89. The number of hydrogen-bond acceptors (Lipinski definition) is 7. The van der Waals surface area contributed by atoms with E-state index in [4.69, 9.17) is 25.5 Å². The van der Waals surface area contributed by atoms with Crippen LogP contribution in [0.2, 0.25) is 0 Å². The van der Waals surface area contributed by atoms with Gasteiger partial charge in [-0.25, -0.2) is 4.79 Å². The highest BCUT2D eigenvalue weighted by atomic mass is 16.5. The zero-order chi connectivity index (χ0) is 14.1. The van der Waals surface area contributed by atoms with Crippen LogP contribution in [-0.4, -0.2) is 71.1 Å². The Labute approximate surface area is 101 Å². The molecular formula is C10H22O7. The Morgan fingerprint density at radius 1 is 0.941 bits per heavy atom. The first-order valence-electron chi connectivity index (χ1n) is 4.88. The molecule has 0 aliphatic rings. The lowest BCUT2D eigenvalue weighted by molar-refractivity contribution is -0.139. The van der Waals surface area contributed by atoms with Gasteiger partial charge in [-0.1, -0.05) is 6.58 Å². The van der Waals surface area contributed by atoms with Gasteiger partial charge in [-0.2, -0.15) is 0 Å². The molecule has 0 radical (unpaired) electrons. The van der Waals surface area contributed by atoms with Crippen molar-refractivity contribution in [2.45, 2.75) is 6.92 Å². The predicted octanol–water partition coefficient (Wildman–Crippen LogP) is -1.96. The van der Waals surface area contributed by atoms with Crippen LogP contribution in [0, 0.1) is 0 Å². The molecule has 5 N–H and O–H groups in total. The second-order valence-corrected chi connectivity index (χ2v) is 2.53. The zero-order valence-corrected chi connectivity index (χ0v) is 10.0. The van der Waals surface area contributed by atoms with Crippen molar-refractivity contribution < 1.29 is 35.1 Å². The van der Waals surface area contributed by atoms with Gasteiger partial charge in [0, 0.05) is 5.57 Å². The Morgan fingerprint density at radius 2 is 1.29 bits per heavy atom. The summed E-state index contributed by atoms with van der Waals surface area (Å²) in [5, 5.41) is 38.7. The average molecular weight is 254 g/mol. The van der Waals surface area contributed by atoms with Gasteiger partial charge in [0.25, 0.3) is 0 Å². The molecule has 0 heterocycles. The van der Waals surface area contributed by atoms with E-state index in [9.17, 15) is 4.79 Å². The molecule has 17 heavy (non-hydrogen) atoms. The minimum atomic E-state index is -0.455. The van der Waals surface area contributed by atoms with Gasteiger partial charge >= 0.3 is 5.97 Å². The first-order valence-corrected chi connectivity index (χ1v) is 4.88. The SMILES string of the molecule is C=C(C)C(=O)OCCO.OCCO.OCCO. The fourth-order valence-corrected chi connectivity index (χ4v) is 0.262. The Hall–Kier alpha value is -0.990. The normalized spacial score (nSPS) is 8.12. The summed E-state index contributed by atoms with van der Waals surface area (Å²) >= 11 is 0. The van der Waals surface area contributed by atoms with Crippen LogP contribution in [0.1, 0.15) is 6.92 Å². The lowest BCUT2D eigenvalue weighted by Crippen LogP contribution is -2.08. The zero-order valence-electron chi connectivity index (χ0n) is 10.0. The third kappa shape index (κ3) is 31.3. The smallest absolute Gasteiger partial charge is 0.333 e. The van der Waals surface area contributed by atoms with Gasteiger partial charge in [0.1, 0.15) is 6.61 Å². The van der Waals surface area contributed by atoms with E-state index >= 15 is 0 Å². The number of ether oxygens (including phenoxy) is 1. The number of carbonyl (C=O) groups excluding carboxylic acids is 1. The number of carbonyl (C=O) groups is 1. The summed E-state index contributed by atoms with van der Waals surface area (Å²) in [6, 6.07) is 0. The monoisotopic (exact) mass is 254 g/mol. The van der Waals surface area contributed by atoms with E-state index in [0.717, 1.165) is 0 Å². The molecule has 0 saturated heterocycles. The van der Waals surface area contributed by atoms with E-state index in [-0.39, 0.29) is 39.6 Å². The van der Waals surface area contributed by atoms with E-state index in [2.05, 4.69) is 11.3 Å². The quantitative estimate of drug-likeness (QED) is 0.285. The van der Waals surface area contributed by atoms with Gasteiger partial charge in [-0.05, 0) is 6.92 Å². The van der Waals surface area contributed by atoms with Crippen LogP contribution < -0.4 is 0 Å². The van der Waals surface area contributed by atoms with Gasteiger partial charge in [0.15, 0.2) is 0 Å². The molecule has 0 atom stereocenters. The second-order valence-electron chi connectivity index (χ2n) is 2.53. The first-order chi connectivity index (χ1) is 8.01. The van der Waals surface area contributed by atoms with Crippen molar-refractivity contribution >= 4 is 5.97 Å². The van der Waals surface area contributed by atoms with Crippen LogP contribution in [0.4, 0.5) is 0 Å². The van der Waals surface area contributed by atoms with Crippen molar-refractivity contribution in [1.82, 2.24) is 0 Å².